The van der Waals surface area contributed by atoms with Gasteiger partial charge in [0.2, 0.25) is 0 Å². The molecule has 1 aromatic carbocycles. The molecular weight excluding hydrogens is 278 g/mol. The Hall–Kier alpha value is -1.65. The Kier molecular flexibility index (Phi) is 4.68. The van der Waals surface area contributed by atoms with E-state index in [0.29, 0.717) is 6.04 Å². The number of nitrogens with one attached hydrogen (secondary N) is 1. The van der Waals surface area contributed by atoms with Gasteiger partial charge in [0, 0.05) is 30.2 Å². The van der Waals surface area contributed by atoms with E-state index in [2.05, 4.69) is 62.8 Å². The summed E-state index contributed by atoms with van der Waals surface area (Å²) in [6, 6.07) is 11.2. The van der Waals surface area contributed by atoms with Crippen molar-refractivity contribution in [1.29, 1.82) is 0 Å². The fourth-order valence-electron chi connectivity index (χ4n) is 2.67. The van der Waals surface area contributed by atoms with Crippen molar-refractivity contribution in [3.05, 3.63) is 59.4 Å². The predicted molar refractivity (Wildman–Crippen MR) is 89.0 cm³/mol. The molecule has 0 aliphatic heterocycles. The van der Waals surface area contributed by atoms with E-state index in [1.54, 1.807) is 11.3 Å². The summed E-state index contributed by atoms with van der Waals surface area (Å²) in [5.41, 5.74) is 2.61. The highest BCUT2D eigenvalue weighted by atomic mass is 32.1. The first-order chi connectivity index (χ1) is 10.3. The normalized spacial score (nSPS) is 12.8. The molecule has 3 rings (SSSR count). The molecule has 1 atom stereocenters. The smallest absolute Gasteiger partial charge is 0.193 e. The summed E-state index contributed by atoms with van der Waals surface area (Å²) in [7, 11) is 2.05. The molecule has 0 bridgehead atoms. The number of aromatic nitrogens is 2. The standard InChI is InChI=1S/C17H21N3S/c1-18-15(9-5-8-14-6-3-2-4-7-14)12-16-13-20-10-11-21-17(20)19-16/h2-4,6-7,10-11,13,15,18H,5,8-9,12H2,1H3. The van der Waals surface area contributed by atoms with Gasteiger partial charge in [-0.25, -0.2) is 4.98 Å². The molecule has 4 heteroatoms. The van der Waals surface area contributed by atoms with Gasteiger partial charge in [-0.1, -0.05) is 30.3 Å². The van der Waals surface area contributed by atoms with Crippen LogP contribution in [-0.2, 0) is 12.8 Å². The van der Waals surface area contributed by atoms with Gasteiger partial charge in [-0.05, 0) is 31.9 Å². The fourth-order valence-corrected chi connectivity index (χ4v) is 3.39. The molecule has 0 saturated heterocycles. The van der Waals surface area contributed by atoms with E-state index in [1.807, 2.05) is 7.05 Å². The Morgan fingerprint density at radius 2 is 2.14 bits per heavy atom. The Bertz CT molecular complexity index is 643. The summed E-state index contributed by atoms with van der Waals surface area (Å²) in [6.07, 6.45) is 8.75. The van der Waals surface area contributed by atoms with Crippen molar-refractivity contribution in [3.63, 3.8) is 0 Å². The number of thiazole rings is 1. The van der Waals surface area contributed by atoms with Gasteiger partial charge in [0.15, 0.2) is 4.96 Å². The molecule has 0 saturated carbocycles. The lowest BCUT2D eigenvalue weighted by Gasteiger charge is -2.14. The summed E-state index contributed by atoms with van der Waals surface area (Å²) in [5.74, 6) is 0. The number of likely N-dealkylation sites (N-methyl/N-ethyl adjacent to an activating group) is 1. The van der Waals surface area contributed by atoms with Crippen molar-refractivity contribution < 1.29 is 0 Å². The number of rotatable bonds is 7. The Labute approximate surface area is 129 Å². The number of nitrogens with zero attached hydrogens (tertiary/aromatic N) is 2. The second-order valence-electron chi connectivity index (χ2n) is 5.39. The zero-order valence-electron chi connectivity index (χ0n) is 12.3. The topological polar surface area (TPSA) is 29.3 Å². The third-order valence-corrected chi connectivity index (χ3v) is 4.64. The van der Waals surface area contributed by atoms with Crippen LogP contribution in [-0.4, -0.2) is 22.5 Å². The molecular formula is C17H21N3S. The molecule has 0 spiro atoms. The van der Waals surface area contributed by atoms with Gasteiger partial charge in [0.1, 0.15) is 0 Å². The van der Waals surface area contributed by atoms with Crippen LogP contribution >= 0.6 is 11.3 Å². The van der Waals surface area contributed by atoms with Crippen LogP contribution in [0.3, 0.4) is 0 Å². The van der Waals surface area contributed by atoms with Gasteiger partial charge < -0.3 is 5.32 Å². The predicted octanol–water partition coefficient (Wildman–Crippen LogP) is 3.55. The quantitative estimate of drug-likeness (QED) is 0.723. The van der Waals surface area contributed by atoms with E-state index < -0.39 is 0 Å². The van der Waals surface area contributed by atoms with Crippen LogP contribution < -0.4 is 5.32 Å². The first kappa shape index (κ1) is 14.3. The molecule has 3 nitrogen and oxygen atoms in total. The van der Waals surface area contributed by atoms with Crippen molar-refractivity contribution in [2.24, 2.45) is 0 Å². The Balaban J connectivity index is 1.52. The molecule has 1 unspecified atom stereocenters. The number of hydrogen-bond acceptors (Lipinski definition) is 3. The molecule has 0 aliphatic carbocycles. The van der Waals surface area contributed by atoms with Crippen LogP contribution in [0.1, 0.15) is 24.1 Å². The average Bonchev–Trinajstić information content (AvgIpc) is 3.08. The van der Waals surface area contributed by atoms with E-state index >= 15 is 0 Å². The molecule has 21 heavy (non-hydrogen) atoms. The molecule has 3 aromatic rings. The first-order valence-electron chi connectivity index (χ1n) is 7.47. The van der Waals surface area contributed by atoms with E-state index in [9.17, 15) is 0 Å². The monoisotopic (exact) mass is 299 g/mol. The van der Waals surface area contributed by atoms with Crippen LogP contribution in [0, 0.1) is 0 Å². The molecule has 0 amide bonds. The number of aryl methyl sites for hydroxylation is 1. The van der Waals surface area contributed by atoms with Crippen LogP contribution in [0.2, 0.25) is 0 Å². The molecule has 0 aliphatic rings. The Morgan fingerprint density at radius 3 is 2.90 bits per heavy atom. The minimum Gasteiger partial charge on any atom is -0.317 e. The molecule has 0 radical (unpaired) electrons. The number of imidazole rings is 1. The summed E-state index contributed by atoms with van der Waals surface area (Å²) in [6.45, 7) is 0. The number of fused-ring (bicyclic) bond motifs is 1. The molecule has 110 valence electrons. The van der Waals surface area contributed by atoms with Crippen LogP contribution in [0.5, 0.6) is 0 Å². The van der Waals surface area contributed by atoms with E-state index in [1.165, 1.54) is 24.1 Å². The van der Waals surface area contributed by atoms with Crippen molar-refractivity contribution in [2.45, 2.75) is 31.7 Å². The van der Waals surface area contributed by atoms with Gasteiger partial charge in [-0.15, -0.1) is 11.3 Å². The first-order valence-corrected chi connectivity index (χ1v) is 8.35. The van der Waals surface area contributed by atoms with Gasteiger partial charge in [0.05, 0.1) is 5.69 Å². The third-order valence-electron chi connectivity index (χ3n) is 3.87. The van der Waals surface area contributed by atoms with E-state index in [4.69, 9.17) is 0 Å². The lowest BCUT2D eigenvalue weighted by atomic mass is 10.0. The van der Waals surface area contributed by atoms with Crippen molar-refractivity contribution in [3.8, 4) is 0 Å². The van der Waals surface area contributed by atoms with Gasteiger partial charge >= 0.3 is 0 Å². The maximum Gasteiger partial charge on any atom is 0.193 e. The van der Waals surface area contributed by atoms with Crippen molar-refractivity contribution in [2.75, 3.05) is 7.05 Å². The highest BCUT2D eigenvalue weighted by Crippen LogP contribution is 2.14. The van der Waals surface area contributed by atoms with Crippen LogP contribution in [0.25, 0.3) is 4.96 Å². The zero-order valence-corrected chi connectivity index (χ0v) is 13.1. The van der Waals surface area contributed by atoms with Crippen LogP contribution in [0.4, 0.5) is 0 Å². The van der Waals surface area contributed by atoms with E-state index in [0.717, 1.165) is 17.8 Å². The zero-order chi connectivity index (χ0) is 14.5. The molecule has 0 fully saturated rings. The molecule has 2 heterocycles. The lowest BCUT2D eigenvalue weighted by Crippen LogP contribution is -2.27. The summed E-state index contributed by atoms with van der Waals surface area (Å²) < 4.78 is 2.11. The number of hydrogen-bond donors (Lipinski definition) is 1. The summed E-state index contributed by atoms with van der Waals surface area (Å²) >= 11 is 1.69. The largest absolute Gasteiger partial charge is 0.317 e. The minimum atomic E-state index is 0.498. The van der Waals surface area contributed by atoms with Crippen LogP contribution in [0.15, 0.2) is 48.1 Å². The third kappa shape index (κ3) is 3.71. The van der Waals surface area contributed by atoms with Crippen molar-refractivity contribution >= 4 is 16.3 Å². The minimum absolute atomic E-state index is 0.498. The fraction of sp³-hybridized carbons (Fsp3) is 0.353. The Morgan fingerprint density at radius 1 is 1.29 bits per heavy atom. The molecule has 1 N–H and O–H groups in total. The maximum absolute atomic E-state index is 4.67. The van der Waals surface area contributed by atoms with Gasteiger partial charge in [-0.3, -0.25) is 4.40 Å². The SMILES string of the molecule is CNC(CCCc1ccccc1)Cc1cn2ccsc2n1. The van der Waals surface area contributed by atoms with E-state index in [-0.39, 0.29) is 0 Å². The highest BCUT2D eigenvalue weighted by Gasteiger charge is 2.10. The summed E-state index contributed by atoms with van der Waals surface area (Å²) in [4.78, 5) is 5.76. The van der Waals surface area contributed by atoms with Gasteiger partial charge in [-0.2, -0.15) is 0 Å². The number of benzene rings is 1. The second-order valence-corrected chi connectivity index (χ2v) is 6.27. The maximum atomic E-state index is 4.67. The molecule has 2 aromatic heterocycles. The van der Waals surface area contributed by atoms with Crippen molar-refractivity contribution in [1.82, 2.24) is 14.7 Å². The highest BCUT2D eigenvalue weighted by molar-refractivity contribution is 7.15. The average molecular weight is 299 g/mol. The second kappa shape index (κ2) is 6.87. The summed E-state index contributed by atoms with van der Waals surface area (Å²) in [5, 5.41) is 5.50. The lowest BCUT2D eigenvalue weighted by molar-refractivity contribution is 0.498. The van der Waals surface area contributed by atoms with Gasteiger partial charge in [0.25, 0.3) is 0 Å².